The van der Waals surface area contributed by atoms with Gasteiger partial charge in [-0.1, -0.05) is 23.7 Å². The summed E-state index contributed by atoms with van der Waals surface area (Å²) in [6.45, 7) is 4.00. The van der Waals surface area contributed by atoms with Crippen LogP contribution in [0, 0.1) is 19.7 Å². The summed E-state index contributed by atoms with van der Waals surface area (Å²) in [6, 6.07) is 11.4. The van der Waals surface area contributed by atoms with Crippen molar-refractivity contribution in [2.75, 3.05) is 5.32 Å². The first kappa shape index (κ1) is 17.9. The summed E-state index contributed by atoms with van der Waals surface area (Å²) in [5.74, 6) is -0.404. The Bertz CT molecular complexity index is 956. The van der Waals surface area contributed by atoms with Crippen molar-refractivity contribution in [3.8, 4) is 5.75 Å². The van der Waals surface area contributed by atoms with Gasteiger partial charge in [-0.3, -0.25) is 4.79 Å². The molecule has 0 atom stereocenters. The van der Waals surface area contributed by atoms with Crippen molar-refractivity contribution in [2.24, 2.45) is 0 Å². The van der Waals surface area contributed by atoms with Crippen molar-refractivity contribution in [3.63, 3.8) is 0 Å². The highest BCUT2D eigenvalue weighted by atomic mass is 35.5. The third-order valence-electron chi connectivity index (χ3n) is 3.98. The van der Waals surface area contributed by atoms with Gasteiger partial charge in [0, 0.05) is 18.0 Å². The Labute approximate surface area is 155 Å². The Hall–Kier alpha value is -2.86. The van der Waals surface area contributed by atoms with E-state index in [2.05, 4.69) is 10.4 Å². The molecule has 26 heavy (non-hydrogen) atoms. The van der Waals surface area contributed by atoms with Gasteiger partial charge in [0.1, 0.15) is 11.6 Å². The van der Waals surface area contributed by atoms with Crippen molar-refractivity contribution < 1.29 is 13.9 Å². The van der Waals surface area contributed by atoms with Crippen LogP contribution < -0.4 is 10.1 Å². The Balaban J connectivity index is 1.64. The number of anilines is 1. The average Bonchev–Trinajstić information content (AvgIpc) is 3.09. The number of halogens is 2. The van der Waals surface area contributed by atoms with E-state index < -0.39 is 5.82 Å². The second-order valence-electron chi connectivity index (χ2n) is 5.79. The highest BCUT2D eigenvalue weighted by Crippen LogP contribution is 2.21. The SMILES string of the molecule is Cc1cccc(NC(=O)c2ccn(COc3ccc(F)c(Cl)c3)n2)c1C. The fourth-order valence-electron chi connectivity index (χ4n) is 2.33. The zero-order valence-electron chi connectivity index (χ0n) is 14.3. The number of hydrogen-bond donors (Lipinski definition) is 1. The molecule has 7 heteroatoms. The average molecular weight is 374 g/mol. The fourth-order valence-corrected chi connectivity index (χ4v) is 2.51. The minimum atomic E-state index is -0.511. The van der Waals surface area contributed by atoms with Gasteiger partial charge in [0.05, 0.1) is 5.02 Å². The van der Waals surface area contributed by atoms with Gasteiger partial charge in [-0.25, -0.2) is 9.07 Å². The van der Waals surface area contributed by atoms with Gasteiger partial charge in [-0.2, -0.15) is 5.10 Å². The number of hydrogen-bond acceptors (Lipinski definition) is 3. The van der Waals surface area contributed by atoms with Gasteiger partial charge in [0.15, 0.2) is 12.4 Å². The minimum Gasteiger partial charge on any atom is -0.471 e. The third kappa shape index (κ3) is 4.03. The number of carbonyl (C=O) groups excluding carboxylic acids is 1. The molecular formula is C19H17ClFN3O2. The molecule has 0 aliphatic rings. The Morgan fingerprint density at radius 1 is 1.27 bits per heavy atom. The van der Waals surface area contributed by atoms with Gasteiger partial charge in [0.25, 0.3) is 5.91 Å². The Morgan fingerprint density at radius 3 is 2.85 bits per heavy atom. The molecule has 3 rings (SSSR count). The second kappa shape index (κ2) is 7.58. The lowest BCUT2D eigenvalue weighted by Gasteiger charge is -2.09. The Kier molecular flexibility index (Phi) is 5.23. The number of nitrogens with zero attached hydrogens (tertiary/aromatic N) is 2. The van der Waals surface area contributed by atoms with E-state index in [0.717, 1.165) is 16.8 Å². The first-order valence-electron chi connectivity index (χ1n) is 7.93. The number of benzene rings is 2. The highest BCUT2D eigenvalue weighted by molar-refractivity contribution is 6.30. The number of ether oxygens (including phenoxy) is 1. The van der Waals surface area contributed by atoms with Crippen molar-refractivity contribution >= 4 is 23.2 Å². The summed E-state index contributed by atoms with van der Waals surface area (Å²) >= 11 is 5.71. The van der Waals surface area contributed by atoms with E-state index in [1.165, 1.54) is 22.9 Å². The number of carbonyl (C=O) groups is 1. The van der Waals surface area contributed by atoms with E-state index in [9.17, 15) is 9.18 Å². The molecule has 0 aliphatic heterocycles. The van der Waals surface area contributed by atoms with E-state index in [1.54, 1.807) is 12.3 Å². The number of nitrogens with one attached hydrogen (secondary N) is 1. The van der Waals surface area contributed by atoms with Crippen LogP contribution in [-0.2, 0) is 6.73 Å². The van der Waals surface area contributed by atoms with Gasteiger partial charge in [-0.05, 0) is 49.2 Å². The number of aryl methyl sites for hydroxylation is 1. The lowest BCUT2D eigenvalue weighted by Crippen LogP contribution is -2.15. The normalized spacial score (nSPS) is 10.6. The molecule has 1 heterocycles. The smallest absolute Gasteiger partial charge is 0.276 e. The molecule has 5 nitrogen and oxygen atoms in total. The topological polar surface area (TPSA) is 56.2 Å². The van der Waals surface area contributed by atoms with Crippen LogP contribution in [0.3, 0.4) is 0 Å². The summed E-state index contributed by atoms with van der Waals surface area (Å²) in [7, 11) is 0. The number of aromatic nitrogens is 2. The van der Waals surface area contributed by atoms with Crippen LogP contribution >= 0.6 is 11.6 Å². The van der Waals surface area contributed by atoms with E-state index in [0.29, 0.717) is 5.75 Å². The van der Waals surface area contributed by atoms with Crippen LogP contribution in [0.5, 0.6) is 5.75 Å². The minimum absolute atomic E-state index is 0.0171. The van der Waals surface area contributed by atoms with Crippen molar-refractivity contribution in [3.05, 3.63) is 76.3 Å². The summed E-state index contributed by atoms with van der Waals surface area (Å²) in [5, 5.41) is 7.02. The number of amides is 1. The van der Waals surface area contributed by atoms with Crippen LogP contribution in [0.2, 0.25) is 5.02 Å². The maximum absolute atomic E-state index is 13.1. The summed E-state index contributed by atoms with van der Waals surface area (Å²) in [5.41, 5.74) is 3.13. The monoisotopic (exact) mass is 373 g/mol. The van der Waals surface area contributed by atoms with E-state index >= 15 is 0 Å². The molecule has 0 saturated carbocycles. The standard InChI is InChI=1S/C19H17ClFN3O2/c1-12-4-3-5-17(13(12)2)22-19(25)18-8-9-24(23-18)11-26-14-6-7-16(21)15(20)10-14/h3-10H,11H2,1-2H3,(H,22,25). The lowest BCUT2D eigenvalue weighted by molar-refractivity contribution is 0.102. The predicted molar refractivity (Wildman–Crippen MR) is 98.1 cm³/mol. The molecular weight excluding hydrogens is 357 g/mol. The highest BCUT2D eigenvalue weighted by Gasteiger charge is 2.12. The summed E-state index contributed by atoms with van der Waals surface area (Å²) in [4.78, 5) is 12.4. The van der Waals surface area contributed by atoms with Crippen molar-refractivity contribution in [1.29, 1.82) is 0 Å². The molecule has 0 radical (unpaired) electrons. The fraction of sp³-hybridized carbons (Fsp3) is 0.158. The zero-order chi connectivity index (χ0) is 18.7. The molecule has 0 aliphatic carbocycles. The van der Waals surface area contributed by atoms with Crippen LogP contribution in [0.1, 0.15) is 21.6 Å². The largest absolute Gasteiger partial charge is 0.471 e. The molecule has 0 bridgehead atoms. The molecule has 0 spiro atoms. The quantitative estimate of drug-likeness (QED) is 0.712. The van der Waals surface area contributed by atoms with Gasteiger partial charge >= 0.3 is 0 Å². The van der Waals surface area contributed by atoms with E-state index in [-0.39, 0.29) is 23.4 Å². The van der Waals surface area contributed by atoms with Crippen LogP contribution in [0.15, 0.2) is 48.7 Å². The predicted octanol–water partition coefficient (Wildman–Crippen LogP) is 4.58. The van der Waals surface area contributed by atoms with Crippen LogP contribution in [-0.4, -0.2) is 15.7 Å². The lowest BCUT2D eigenvalue weighted by atomic mass is 10.1. The first-order valence-corrected chi connectivity index (χ1v) is 8.30. The third-order valence-corrected chi connectivity index (χ3v) is 4.27. The van der Waals surface area contributed by atoms with Gasteiger partial charge < -0.3 is 10.1 Å². The molecule has 0 saturated heterocycles. The van der Waals surface area contributed by atoms with Crippen LogP contribution in [0.4, 0.5) is 10.1 Å². The number of rotatable bonds is 5. The zero-order valence-corrected chi connectivity index (χ0v) is 15.0. The maximum atomic E-state index is 13.1. The molecule has 2 aromatic carbocycles. The molecule has 1 N–H and O–H groups in total. The van der Waals surface area contributed by atoms with E-state index in [4.69, 9.17) is 16.3 Å². The van der Waals surface area contributed by atoms with Crippen molar-refractivity contribution in [2.45, 2.75) is 20.6 Å². The van der Waals surface area contributed by atoms with Crippen LogP contribution in [0.25, 0.3) is 0 Å². The molecule has 134 valence electrons. The maximum Gasteiger partial charge on any atom is 0.276 e. The molecule has 0 fully saturated rings. The molecule has 1 amide bonds. The second-order valence-corrected chi connectivity index (χ2v) is 6.20. The first-order chi connectivity index (χ1) is 12.4. The van der Waals surface area contributed by atoms with E-state index in [1.807, 2.05) is 32.0 Å². The summed E-state index contributed by atoms with van der Waals surface area (Å²) in [6.07, 6.45) is 1.63. The van der Waals surface area contributed by atoms with Gasteiger partial charge in [-0.15, -0.1) is 0 Å². The summed E-state index contributed by atoms with van der Waals surface area (Å²) < 4.78 is 20.1. The molecule has 0 unspecified atom stereocenters. The Morgan fingerprint density at radius 2 is 2.08 bits per heavy atom. The van der Waals surface area contributed by atoms with Gasteiger partial charge in [0.2, 0.25) is 0 Å². The molecule has 3 aromatic rings. The molecule has 1 aromatic heterocycles. The van der Waals surface area contributed by atoms with Crippen molar-refractivity contribution in [1.82, 2.24) is 9.78 Å².